The maximum atomic E-state index is 8.98. The normalized spacial score (nSPS) is 11.8. The van der Waals surface area contributed by atoms with Crippen LogP contribution in [0.4, 0.5) is 4.79 Å². The molecule has 10 heteroatoms. The summed E-state index contributed by atoms with van der Waals surface area (Å²) in [7, 11) is -3.84. The molecule has 0 saturated heterocycles. The molecular formula is C49H66Cl2OP3RhSi3+3. The molecule has 0 aliphatic rings. The van der Waals surface area contributed by atoms with E-state index in [9.17, 15) is 0 Å². The van der Waals surface area contributed by atoms with Crippen molar-refractivity contribution in [2.24, 2.45) is 0 Å². The number of carbonyl (C=O) groups excluding carboxylic acids is 1. The quantitative estimate of drug-likeness (QED) is 0.0801. The summed E-state index contributed by atoms with van der Waals surface area (Å²) >= 11 is 8.80. The number of hydrogen-bond acceptors (Lipinski definition) is 1. The molecule has 0 saturated carbocycles. The Morgan fingerprint density at radius 2 is 0.424 bits per heavy atom. The molecule has 6 aromatic rings. The van der Waals surface area contributed by atoms with Crippen molar-refractivity contribution >= 4 is 103 Å². The van der Waals surface area contributed by atoms with E-state index in [1.165, 1.54) is 0 Å². The van der Waals surface area contributed by atoms with Gasteiger partial charge >= 0.3 is 4.70 Å². The summed E-state index contributed by atoms with van der Waals surface area (Å²) in [6, 6.07) is 66.6. The smallest absolute Gasteiger partial charge is 0.262 e. The Morgan fingerprint density at radius 3 is 0.508 bits per heavy atom. The van der Waals surface area contributed by atoms with Gasteiger partial charge < -0.3 is 0 Å². The molecule has 6 aromatic carbocycles. The van der Waals surface area contributed by atoms with Crippen LogP contribution in [0.15, 0.2) is 182 Å². The molecular weight excluding hydrogens is 956 g/mol. The molecule has 315 valence electrons. The van der Waals surface area contributed by atoms with Gasteiger partial charge in [0.15, 0.2) is 0 Å². The molecule has 0 aromatic heterocycles. The summed E-state index contributed by atoms with van der Waals surface area (Å²) in [4.78, 5) is 8.98. The fourth-order valence-corrected chi connectivity index (χ4v) is 33.9. The minimum atomic E-state index is -1.28. The number of rotatable bonds is 9. The van der Waals surface area contributed by atoms with Gasteiger partial charge in [0.05, 0.1) is 31.8 Å². The van der Waals surface area contributed by atoms with Crippen LogP contribution in [0, 0.1) is 0 Å². The third-order valence-electron chi connectivity index (χ3n) is 11.7. The zero-order valence-corrected chi connectivity index (χ0v) is 46.0. The minimum absolute atomic E-state index is 0. The molecule has 0 aliphatic heterocycles. The monoisotopic (exact) mass is 1020 g/mol. The van der Waals surface area contributed by atoms with Gasteiger partial charge in [-0.3, -0.25) is 4.79 Å². The fourth-order valence-electron chi connectivity index (χ4n) is 7.13. The van der Waals surface area contributed by atoms with Gasteiger partial charge in [-0.15, -0.1) is 0 Å². The van der Waals surface area contributed by atoms with E-state index in [4.69, 9.17) is 4.79 Å². The zero-order chi connectivity index (χ0) is 43.3. The maximum Gasteiger partial charge on any atom is 0.313 e. The molecule has 0 fully saturated rings. The molecule has 0 heterocycles. The molecule has 0 bridgehead atoms. The molecule has 1 nitrogen and oxygen atoms in total. The Bertz CT molecular complexity index is 1740. The van der Waals surface area contributed by atoms with Crippen molar-refractivity contribution in [3.8, 4) is 0 Å². The molecule has 0 aliphatic carbocycles. The summed E-state index contributed by atoms with van der Waals surface area (Å²) in [5.74, 6) is 0. The van der Waals surface area contributed by atoms with Crippen LogP contribution in [0.5, 0.6) is 0 Å². The molecule has 0 atom stereocenters. The van der Waals surface area contributed by atoms with E-state index < -0.39 is 48.4 Å². The standard InChI is InChI=1S/3C16H22PSi.CCl2O.Rh/c3*1-17(18(2,3)4,15-11-7-5-8-12-15)16-13-9-6-10-14-16;2-1(3)4;/h3*5-14H,1-4H3;;/q3*+1;;. The molecule has 6 rings (SSSR count). The number of benzene rings is 6. The average molecular weight is 1020 g/mol. The number of hydrogen-bond donors (Lipinski definition) is 0. The second kappa shape index (κ2) is 23.5. The van der Waals surface area contributed by atoms with Crippen molar-refractivity contribution in [2.45, 2.75) is 58.9 Å². The van der Waals surface area contributed by atoms with Crippen LogP contribution < -0.4 is 31.8 Å². The summed E-state index contributed by atoms with van der Waals surface area (Å²) in [5.41, 5.74) is 0. The first-order valence-electron chi connectivity index (χ1n) is 19.9. The predicted octanol–water partition coefficient (Wildman–Crippen LogP) is 13.9. The van der Waals surface area contributed by atoms with Crippen molar-refractivity contribution < 1.29 is 24.3 Å². The van der Waals surface area contributed by atoms with Gasteiger partial charge in [-0.25, -0.2) is 0 Å². The van der Waals surface area contributed by atoms with Gasteiger partial charge in [-0.2, -0.15) is 0 Å². The Kier molecular flexibility index (Phi) is 21.3. The van der Waals surface area contributed by atoms with Crippen LogP contribution in [-0.4, -0.2) is 47.9 Å². The van der Waals surface area contributed by atoms with Crippen LogP contribution in [-0.2, 0) is 19.5 Å². The van der Waals surface area contributed by atoms with Crippen LogP contribution in [0.3, 0.4) is 0 Å². The van der Waals surface area contributed by atoms with E-state index in [0.717, 1.165) is 0 Å². The summed E-state index contributed by atoms with van der Waals surface area (Å²) < 4.78 is -0.889. The van der Waals surface area contributed by atoms with Crippen LogP contribution in [0.25, 0.3) is 0 Å². The molecule has 0 N–H and O–H groups in total. The molecule has 59 heavy (non-hydrogen) atoms. The van der Waals surface area contributed by atoms with Crippen LogP contribution >= 0.6 is 43.6 Å². The Morgan fingerprint density at radius 1 is 0.322 bits per heavy atom. The third kappa shape index (κ3) is 13.8. The Balaban J connectivity index is 0.000000289. The second-order valence-corrected chi connectivity index (χ2v) is 60.9. The van der Waals surface area contributed by atoms with Gasteiger partial charge in [-0.05, 0) is 155 Å². The zero-order valence-electron chi connectivity index (χ0n) is 37.2. The first-order valence-corrected chi connectivity index (χ1v) is 40.4. The van der Waals surface area contributed by atoms with Crippen molar-refractivity contribution in [2.75, 3.05) is 20.0 Å². The topological polar surface area (TPSA) is 17.1 Å². The van der Waals surface area contributed by atoms with E-state index in [-0.39, 0.29) is 19.5 Å². The largest absolute Gasteiger partial charge is 0.313 e. The molecule has 0 spiro atoms. The minimum Gasteiger partial charge on any atom is -0.262 e. The predicted molar refractivity (Wildman–Crippen MR) is 282 cm³/mol. The van der Waals surface area contributed by atoms with E-state index in [2.05, 4.69) is 284 Å². The van der Waals surface area contributed by atoms with Crippen molar-refractivity contribution in [3.05, 3.63) is 182 Å². The maximum absolute atomic E-state index is 8.98. The van der Waals surface area contributed by atoms with Gasteiger partial charge in [0.25, 0.3) is 0 Å². The first kappa shape index (κ1) is 53.3. The van der Waals surface area contributed by atoms with Gasteiger partial charge in [0, 0.05) is 59.9 Å². The van der Waals surface area contributed by atoms with Crippen molar-refractivity contribution in [3.63, 3.8) is 0 Å². The van der Waals surface area contributed by atoms with Crippen LogP contribution in [0.1, 0.15) is 0 Å². The van der Waals surface area contributed by atoms with E-state index in [0.29, 0.717) is 0 Å². The SMILES string of the molecule is C[Si](C)(C)[P+](C)(c1ccccc1)c1ccccc1.C[Si](C)(C)[P+](C)(c1ccccc1)c1ccccc1.C[Si](C)(C)[P+](C)(c1ccccc1)c1ccccc1.O=C(Cl)Cl.[Rh]. The Hall–Kier alpha value is -1.87. The van der Waals surface area contributed by atoms with E-state index in [1.807, 2.05) is 0 Å². The average Bonchev–Trinajstić information content (AvgIpc) is 3.21. The van der Waals surface area contributed by atoms with Crippen LogP contribution in [0.2, 0.25) is 58.9 Å². The summed E-state index contributed by atoms with van der Waals surface area (Å²) in [6.07, 6.45) is 0. The second-order valence-electron chi connectivity index (χ2n) is 17.8. The number of halogens is 2. The molecule has 1 radical (unpaired) electrons. The fraction of sp³-hybridized carbons (Fsp3) is 0.245. The van der Waals surface area contributed by atoms with Crippen molar-refractivity contribution in [1.29, 1.82) is 0 Å². The molecule has 0 unspecified atom stereocenters. The van der Waals surface area contributed by atoms with Gasteiger partial charge in [0.2, 0.25) is 23.2 Å². The van der Waals surface area contributed by atoms with E-state index in [1.54, 1.807) is 31.8 Å². The first-order chi connectivity index (χ1) is 27.1. The molecule has 0 amide bonds. The third-order valence-corrected chi connectivity index (χ3v) is 56.5. The Labute approximate surface area is 385 Å². The van der Waals surface area contributed by atoms with Gasteiger partial charge in [-0.1, -0.05) is 109 Å². The van der Waals surface area contributed by atoms with Crippen molar-refractivity contribution in [1.82, 2.24) is 0 Å². The summed E-state index contributed by atoms with van der Waals surface area (Å²) in [6.45, 7) is 26.4. The number of carbonyl (C=O) groups is 1. The van der Waals surface area contributed by atoms with Gasteiger partial charge in [0.1, 0.15) is 0 Å². The summed E-state index contributed by atoms with van der Waals surface area (Å²) in [5, 5.41) is 9.31. The van der Waals surface area contributed by atoms with E-state index >= 15 is 0 Å².